The number of nitrogens with zero attached hydrogens (tertiary/aromatic N) is 1. The lowest BCUT2D eigenvalue weighted by molar-refractivity contribution is -0.119. The van der Waals surface area contributed by atoms with E-state index in [9.17, 15) is 9.18 Å². The molecule has 0 N–H and O–H groups in total. The Hall–Kier alpha value is -2.16. The van der Waals surface area contributed by atoms with Crippen molar-refractivity contribution >= 4 is 11.6 Å². The maximum atomic E-state index is 12.9. The summed E-state index contributed by atoms with van der Waals surface area (Å²) in [7, 11) is 1.80. The Bertz CT molecular complexity index is 621. The van der Waals surface area contributed by atoms with Crippen LogP contribution in [-0.4, -0.2) is 13.0 Å². The van der Waals surface area contributed by atoms with Crippen LogP contribution in [0.2, 0.25) is 0 Å². The van der Waals surface area contributed by atoms with E-state index in [1.165, 1.54) is 12.1 Å². The lowest BCUT2D eigenvalue weighted by Gasteiger charge is -2.11. The highest BCUT2D eigenvalue weighted by molar-refractivity contribution is 6.04. The SMILES string of the molecule is CN1C(=O)C(Cc2ccc(F)cc2)c2ccccc21. The maximum absolute atomic E-state index is 12.9. The number of likely N-dealkylation sites (N-methyl/N-ethyl adjacent to an activating group) is 1. The molecule has 1 unspecified atom stereocenters. The molecule has 0 bridgehead atoms. The van der Waals surface area contributed by atoms with Gasteiger partial charge in [-0.05, 0) is 35.7 Å². The lowest BCUT2D eigenvalue weighted by Crippen LogP contribution is -2.24. The third kappa shape index (κ3) is 2.01. The molecule has 1 amide bonds. The van der Waals surface area contributed by atoms with Crippen LogP contribution >= 0.6 is 0 Å². The number of hydrogen-bond donors (Lipinski definition) is 0. The van der Waals surface area contributed by atoms with Crippen molar-refractivity contribution in [1.82, 2.24) is 0 Å². The van der Waals surface area contributed by atoms with E-state index in [2.05, 4.69) is 0 Å². The number of amides is 1. The molecule has 19 heavy (non-hydrogen) atoms. The summed E-state index contributed by atoms with van der Waals surface area (Å²) in [6.45, 7) is 0. The molecule has 1 atom stereocenters. The Morgan fingerprint density at radius 2 is 1.79 bits per heavy atom. The lowest BCUT2D eigenvalue weighted by atomic mass is 9.93. The quantitative estimate of drug-likeness (QED) is 0.807. The average Bonchev–Trinajstić information content (AvgIpc) is 2.67. The number of carbonyl (C=O) groups is 1. The van der Waals surface area contributed by atoms with Crippen LogP contribution in [-0.2, 0) is 11.2 Å². The maximum Gasteiger partial charge on any atom is 0.234 e. The molecule has 96 valence electrons. The second-order valence-corrected chi connectivity index (χ2v) is 4.84. The molecule has 1 heterocycles. The number of hydrogen-bond acceptors (Lipinski definition) is 1. The largest absolute Gasteiger partial charge is 0.315 e. The van der Waals surface area contributed by atoms with E-state index in [1.54, 1.807) is 24.1 Å². The molecule has 0 aliphatic carbocycles. The predicted molar refractivity (Wildman–Crippen MR) is 72.7 cm³/mol. The molecule has 3 rings (SSSR count). The molecule has 2 aromatic carbocycles. The molecule has 2 nitrogen and oxygen atoms in total. The molecular formula is C16H14FNO. The normalized spacial score (nSPS) is 17.7. The van der Waals surface area contributed by atoms with Gasteiger partial charge in [0.25, 0.3) is 0 Å². The van der Waals surface area contributed by atoms with Crippen LogP contribution in [0.3, 0.4) is 0 Å². The van der Waals surface area contributed by atoms with Crippen molar-refractivity contribution in [2.45, 2.75) is 12.3 Å². The summed E-state index contributed by atoms with van der Waals surface area (Å²) in [5.41, 5.74) is 3.00. The van der Waals surface area contributed by atoms with E-state index in [0.717, 1.165) is 16.8 Å². The first kappa shape index (κ1) is 11.9. The molecule has 0 saturated heterocycles. The Morgan fingerprint density at radius 1 is 1.11 bits per heavy atom. The molecule has 0 saturated carbocycles. The first-order valence-corrected chi connectivity index (χ1v) is 6.28. The van der Waals surface area contributed by atoms with Gasteiger partial charge in [0, 0.05) is 12.7 Å². The predicted octanol–water partition coefficient (Wildman–Crippen LogP) is 3.13. The fourth-order valence-corrected chi connectivity index (χ4v) is 2.63. The summed E-state index contributed by atoms with van der Waals surface area (Å²) in [6, 6.07) is 14.2. The molecular weight excluding hydrogens is 241 g/mol. The van der Waals surface area contributed by atoms with Crippen molar-refractivity contribution in [3.05, 3.63) is 65.5 Å². The number of fused-ring (bicyclic) bond motifs is 1. The van der Waals surface area contributed by atoms with Crippen LogP contribution in [0, 0.1) is 5.82 Å². The van der Waals surface area contributed by atoms with Gasteiger partial charge in [0.05, 0.1) is 5.92 Å². The highest BCUT2D eigenvalue weighted by Gasteiger charge is 2.34. The van der Waals surface area contributed by atoms with Gasteiger partial charge in [0.2, 0.25) is 5.91 Å². The third-order valence-electron chi connectivity index (χ3n) is 3.66. The molecule has 3 heteroatoms. The molecule has 2 aromatic rings. The van der Waals surface area contributed by atoms with Crippen molar-refractivity contribution in [2.75, 3.05) is 11.9 Å². The average molecular weight is 255 g/mol. The minimum atomic E-state index is -0.251. The third-order valence-corrected chi connectivity index (χ3v) is 3.66. The van der Waals surface area contributed by atoms with E-state index in [0.29, 0.717) is 6.42 Å². The number of anilines is 1. The van der Waals surface area contributed by atoms with E-state index < -0.39 is 0 Å². The van der Waals surface area contributed by atoms with Crippen LogP contribution in [0.1, 0.15) is 17.0 Å². The second-order valence-electron chi connectivity index (χ2n) is 4.84. The zero-order valence-electron chi connectivity index (χ0n) is 10.6. The minimum Gasteiger partial charge on any atom is -0.315 e. The Kier molecular flexibility index (Phi) is 2.82. The first-order chi connectivity index (χ1) is 9.16. The zero-order valence-corrected chi connectivity index (χ0v) is 10.6. The fourth-order valence-electron chi connectivity index (χ4n) is 2.63. The van der Waals surface area contributed by atoms with Crippen LogP contribution in [0.25, 0.3) is 0 Å². The van der Waals surface area contributed by atoms with Crippen molar-refractivity contribution in [1.29, 1.82) is 0 Å². The Balaban J connectivity index is 1.93. The molecule has 0 aromatic heterocycles. The van der Waals surface area contributed by atoms with Gasteiger partial charge in [0.1, 0.15) is 5.82 Å². The summed E-state index contributed by atoms with van der Waals surface area (Å²) in [6.07, 6.45) is 0.612. The van der Waals surface area contributed by atoms with Crippen LogP contribution in [0.15, 0.2) is 48.5 Å². The molecule has 1 aliphatic heterocycles. The van der Waals surface area contributed by atoms with E-state index >= 15 is 0 Å². The van der Waals surface area contributed by atoms with Crippen LogP contribution < -0.4 is 4.90 Å². The molecule has 0 spiro atoms. The Labute approximate surface area is 111 Å². The van der Waals surface area contributed by atoms with Gasteiger partial charge in [-0.1, -0.05) is 30.3 Å². The summed E-state index contributed by atoms with van der Waals surface area (Å²) < 4.78 is 12.9. The highest BCUT2D eigenvalue weighted by Crippen LogP contribution is 2.37. The van der Waals surface area contributed by atoms with E-state index in [1.807, 2.05) is 24.3 Å². The number of rotatable bonds is 2. The van der Waals surface area contributed by atoms with Gasteiger partial charge in [-0.3, -0.25) is 4.79 Å². The number of benzene rings is 2. The van der Waals surface area contributed by atoms with Crippen LogP contribution in [0.5, 0.6) is 0 Å². The minimum absolute atomic E-state index is 0.102. The summed E-state index contributed by atoms with van der Waals surface area (Å²) in [5, 5.41) is 0. The summed E-state index contributed by atoms with van der Waals surface area (Å²) >= 11 is 0. The van der Waals surface area contributed by atoms with Crippen molar-refractivity contribution in [3.63, 3.8) is 0 Å². The summed E-state index contributed by atoms with van der Waals surface area (Å²) in [4.78, 5) is 14.0. The van der Waals surface area contributed by atoms with E-state index in [-0.39, 0.29) is 17.6 Å². The fraction of sp³-hybridized carbons (Fsp3) is 0.188. The molecule has 0 radical (unpaired) electrons. The number of para-hydroxylation sites is 1. The molecule has 0 fully saturated rings. The van der Waals surface area contributed by atoms with Gasteiger partial charge in [0.15, 0.2) is 0 Å². The van der Waals surface area contributed by atoms with Gasteiger partial charge < -0.3 is 4.90 Å². The standard InChI is InChI=1S/C16H14FNO/c1-18-15-5-3-2-4-13(15)14(16(18)19)10-11-6-8-12(17)9-7-11/h2-9,14H,10H2,1H3. The number of halogens is 1. The molecule has 1 aliphatic rings. The van der Waals surface area contributed by atoms with Crippen LogP contribution in [0.4, 0.5) is 10.1 Å². The highest BCUT2D eigenvalue weighted by atomic mass is 19.1. The second kappa shape index (κ2) is 4.50. The monoisotopic (exact) mass is 255 g/mol. The van der Waals surface area contributed by atoms with Gasteiger partial charge >= 0.3 is 0 Å². The smallest absolute Gasteiger partial charge is 0.234 e. The van der Waals surface area contributed by atoms with E-state index in [4.69, 9.17) is 0 Å². The van der Waals surface area contributed by atoms with Crippen molar-refractivity contribution < 1.29 is 9.18 Å². The van der Waals surface area contributed by atoms with Gasteiger partial charge in [-0.15, -0.1) is 0 Å². The zero-order chi connectivity index (χ0) is 13.4. The first-order valence-electron chi connectivity index (χ1n) is 6.28. The number of carbonyl (C=O) groups excluding carboxylic acids is 1. The Morgan fingerprint density at radius 3 is 2.53 bits per heavy atom. The van der Waals surface area contributed by atoms with Crippen molar-refractivity contribution in [2.24, 2.45) is 0 Å². The van der Waals surface area contributed by atoms with Gasteiger partial charge in [-0.2, -0.15) is 0 Å². The van der Waals surface area contributed by atoms with Crippen molar-refractivity contribution in [3.8, 4) is 0 Å². The van der Waals surface area contributed by atoms with Gasteiger partial charge in [-0.25, -0.2) is 4.39 Å². The topological polar surface area (TPSA) is 20.3 Å². The summed E-state index contributed by atoms with van der Waals surface area (Å²) in [5.74, 6) is -0.309.